The Bertz CT molecular complexity index is 1660. The van der Waals surface area contributed by atoms with Crippen molar-refractivity contribution in [2.24, 2.45) is 0 Å². The molecule has 2 saturated carbocycles. The summed E-state index contributed by atoms with van der Waals surface area (Å²) in [5.41, 5.74) is 6.62. The standard InChI is InChI=1S/C37H40N2O4/c40-29-16-18-30-27(22-29)14-9-21-39-32-23-28(15-17-31(32)33(34(30)39)26-12-5-2-6-13-26)35(41)38-37(19-7-8-20-37)36(42)43-24-25-10-3-1-4-11-25/h1,3-4,10-11,15-18,22-23,26,40H,2,5-9,12-14,19-21,24H2,(H,38,41). The van der Waals surface area contributed by atoms with Crippen molar-refractivity contribution in [1.82, 2.24) is 9.88 Å². The predicted octanol–water partition coefficient (Wildman–Crippen LogP) is 7.79. The van der Waals surface area contributed by atoms with E-state index in [9.17, 15) is 14.7 Å². The highest BCUT2D eigenvalue weighted by Crippen LogP contribution is 2.46. The Labute approximate surface area is 253 Å². The number of aromatic nitrogens is 1. The van der Waals surface area contributed by atoms with Gasteiger partial charge in [0.25, 0.3) is 5.91 Å². The van der Waals surface area contributed by atoms with Crippen LogP contribution in [0.1, 0.15) is 97.2 Å². The summed E-state index contributed by atoms with van der Waals surface area (Å²) < 4.78 is 8.16. The van der Waals surface area contributed by atoms with Crippen LogP contribution >= 0.6 is 0 Å². The molecule has 0 spiro atoms. The molecule has 0 radical (unpaired) electrons. The lowest BCUT2D eigenvalue weighted by molar-refractivity contribution is -0.152. The highest BCUT2D eigenvalue weighted by molar-refractivity contribution is 6.03. The highest BCUT2D eigenvalue weighted by Gasteiger charge is 2.44. The molecular formula is C37H40N2O4. The molecule has 0 unspecified atom stereocenters. The zero-order valence-electron chi connectivity index (χ0n) is 24.7. The number of esters is 1. The molecule has 1 aliphatic heterocycles. The van der Waals surface area contributed by atoms with Gasteiger partial charge >= 0.3 is 5.97 Å². The minimum atomic E-state index is -0.995. The molecular weight excluding hydrogens is 536 g/mol. The first kappa shape index (κ1) is 27.8. The first-order valence-corrected chi connectivity index (χ1v) is 16.0. The Morgan fingerprint density at radius 1 is 0.907 bits per heavy atom. The Morgan fingerprint density at radius 3 is 2.49 bits per heavy atom. The molecule has 2 N–H and O–H groups in total. The normalized spacial score (nSPS) is 18.0. The highest BCUT2D eigenvalue weighted by atomic mass is 16.5. The first-order valence-electron chi connectivity index (χ1n) is 16.0. The number of aryl methyl sites for hydroxylation is 2. The van der Waals surface area contributed by atoms with Gasteiger partial charge in [0.05, 0.1) is 5.69 Å². The van der Waals surface area contributed by atoms with Crippen LogP contribution < -0.4 is 5.32 Å². The molecule has 0 saturated heterocycles. The van der Waals surface area contributed by atoms with Crippen molar-refractivity contribution in [2.75, 3.05) is 0 Å². The van der Waals surface area contributed by atoms with Crippen LogP contribution in [0.15, 0.2) is 66.7 Å². The summed E-state index contributed by atoms with van der Waals surface area (Å²) in [5.74, 6) is 0.214. The summed E-state index contributed by atoms with van der Waals surface area (Å²) in [4.78, 5) is 27.3. The number of phenolic OH excluding ortho intramolecular Hbond substituents is 1. The smallest absolute Gasteiger partial charge is 0.332 e. The Balaban J connectivity index is 1.24. The van der Waals surface area contributed by atoms with Crippen LogP contribution in [0, 0.1) is 0 Å². The Hall–Kier alpha value is -4.06. The third-order valence-corrected chi connectivity index (χ3v) is 9.96. The van der Waals surface area contributed by atoms with E-state index in [-0.39, 0.29) is 18.5 Å². The number of amides is 1. The molecule has 3 aliphatic rings. The minimum absolute atomic E-state index is 0.197. The topological polar surface area (TPSA) is 80.6 Å². The van der Waals surface area contributed by atoms with Crippen LogP contribution in [-0.4, -0.2) is 27.1 Å². The SMILES string of the molecule is O=C(NC1(C(=O)OCc2ccccc2)CCCC1)c1ccc2c(C3CCCCC3)c3n(c2c1)CCCc1cc(O)ccc1-3. The molecule has 4 aromatic rings. The summed E-state index contributed by atoms with van der Waals surface area (Å²) in [6.07, 6.45) is 10.9. The van der Waals surface area contributed by atoms with Gasteiger partial charge in [0, 0.05) is 28.6 Å². The number of benzene rings is 3. The van der Waals surface area contributed by atoms with Crippen molar-refractivity contribution in [2.45, 2.75) is 95.2 Å². The second-order valence-corrected chi connectivity index (χ2v) is 12.7. The van der Waals surface area contributed by atoms with E-state index >= 15 is 0 Å². The van der Waals surface area contributed by atoms with Crippen molar-refractivity contribution in [3.63, 3.8) is 0 Å². The molecule has 222 valence electrons. The van der Waals surface area contributed by atoms with E-state index in [2.05, 4.69) is 22.0 Å². The van der Waals surface area contributed by atoms with E-state index in [1.807, 2.05) is 48.5 Å². The van der Waals surface area contributed by atoms with Gasteiger partial charge in [0.1, 0.15) is 17.9 Å². The fourth-order valence-corrected chi connectivity index (χ4v) is 7.80. The third kappa shape index (κ3) is 5.21. The summed E-state index contributed by atoms with van der Waals surface area (Å²) in [6.45, 7) is 1.05. The molecule has 7 rings (SSSR count). The van der Waals surface area contributed by atoms with Crippen molar-refractivity contribution >= 4 is 22.8 Å². The number of hydrogen-bond donors (Lipinski definition) is 2. The van der Waals surface area contributed by atoms with Gasteiger partial charge < -0.3 is 19.7 Å². The minimum Gasteiger partial charge on any atom is -0.508 e. The van der Waals surface area contributed by atoms with E-state index in [0.29, 0.717) is 30.1 Å². The van der Waals surface area contributed by atoms with Gasteiger partial charge in [-0.05, 0) is 91.5 Å². The lowest BCUT2D eigenvalue weighted by Gasteiger charge is -2.28. The van der Waals surface area contributed by atoms with Gasteiger partial charge in [-0.15, -0.1) is 0 Å². The van der Waals surface area contributed by atoms with Crippen molar-refractivity contribution in [3.8, 4) is 17.0 Å². The molecule has 43 heavy (non-hydrogen) atoms. The predicted molar refractivity (Wildman–Crippen MR) is 168 cm³/mol. The van der Waals surface area contributed by atoms with E-state index in [1.54, 1.807) is 6.07 Å². The number of nitrogens with zero attached hydrogens (tertiary/aromatic N) is 1. The van der Waals surface area contributed by atoms with Gasteiger partial charge in [-0.2, -0.15) is 0 Å². The zero-order valence-corrected chi connectivity index (χ0v) is 24.7. The number of carbonyl (C=O) groups excluding carboxylic acids is 2. The zero-order chi connectivity index (χ0) is 29.4. The third-order valence-electron chi connectivity index (χ3n) is 9.96. The van der Waals surface area contributed by atoms with E-state index in [4.69, 9.17) is 4.74 Å². The van der Waals surface area contributed by atoms with Crippen LogP contribution in [0.4, 0.5) is 0 Å². The van der Waals surface area contributed by atoms with Gasteiger partial charge in [-0.3, -0.25) is 4.79 Å². The maximum Gasteiger partial charge on any atom is 0.332 e. The second-order valence-electron chi connectivity index (χ2n) is 12.7. The average Bonchev–Trinajstić information content (AvgIpc) is 3.59. The summed E-state index contributed by atoms with van der Waals surface area (Å²) in [6, 6.07) is 21.6. The van der Waals surface area contributed by atoms with Crippen LogP contribution in [-0.2, 0) is 29.1 Å². The van der Waals surface area contributed by atoms with Crippen LogP contribution in [0.2, 0.25) is 0 Å². The number of hydrogen-bond acceptors (Lipinski definition) is 4. The fraction of sp³-hybridized carbons (Fsp3) is 0.405. The molecule has 1 amide bonds. The number of carbonyl (C=O) groups is 2. The average molecular weight is 577 g/mol. The van der Waals surface area contributed by atoms with Gasteiger partial charge in [-0.25, -0.2) is 4.79 Å². The van der Waals surface area contributed by atoms with Crippen LogP contribution in [0.25, 0.3) is 22.2 Å². The van der Waals surface area contributed by atoms with E-state index in [1.165, 1.54) is 59.9 Å². The summed E-state index contributed by atoms with van der Waals surface area (Å²) in [5, 5.41) is 14.6. The molecule has 2 heterocycles. The van der Waals surface area contributed by atoms with Crippen molar-refractivity contribution in [3.05, 3.63) is 89.0 Å². The number of ether oxygens (including phenoxy) is 1. The maximum atomic E-state index is 13.9. The molecule has 6 nitrogen and oxygen atoms in total. The number of phenols is 1. The largest absolute Gasteiger partial charge is 0.508 e. The van der Waals surface area contributed by atoms with E-state index in [0.717, 1.165) is 43.3 Å². The molecule has 6 heteroatoms. The lowest BCUT2D eigenvalue weighted by atomic mass is 9.81. The summed E-state index contributed by atoms with van der Waals surface area (Å²) >= 11 is 0. The van der Waals surface area contributed by atoms with Crippen molar-refractivity contribution in [1.29, 1.82) is 0 Å². The molecule has 2 aliphatic carbocycles. The maximum absolute atomic E-state index is 13.9. The van der Waals surface area contributed by atoms with Crippen molar-refractivity contribution < 1.29 is 19.4 Å². The molecule has 1 aromatic heterocycles. The number of rotatable bonds is 6. The lowest BCUT2D eigenvalue weighted by Crippen LogP contribution is -2.53. The number of fused-ring (bicyclic) bond motifs is 5. The van der Waals surface area contributed by atoms with Gasteiger partial charge in [0.15, 0.2) is 0 Å². The second kappa shape index (κ2) is 11.6. The van der Waals surface area contributed by atoms with Crippen LogP contribution in [0.3, 0.4) is 0 Å². The van der Waals surface area contributed by atoms with Crippen LogP contribution in [0.5, 0.6) is 5.75 Å². The number of aromatic hydroxyl groups is 1. The first-order chi connectivity index (χ1) is 21.0. The van der Waals surface area contributed by atoms with Gasteiger partial charge in [-0.1, -0.05) is 68.5 Å². The summed E-state index contributed by atoms with van der Waals surface area (Å²) in [7, 11) is 0. The molecule has 2 fully saturated rings. The van der Waals surface area contributed by atoms with E-state index < -0.39 is 5.54 Å². The molecule has 0 atom stereocenters. The fourth-order valence-electron chi connectivity index (χ4n) is 7.80. The number of nitrogens with one attached hydrogen (secondary N) is 1. The monoisotopic (exact) mass is 576 g/mol. The van der Waals surface area contributed by atoms with Gasteiger partial charge in [0.2, 0.25) is 0 Å². The quantitative estimate of drug-likeness (QED) is 0.230. The Kier molecular flexibility index (Phi) is 7.46. The molecule has 0 bridgehead atoms. The molecule has 3 aromatic carbocycles. The Morgan fingerprint density at radius 2 is 1.70 bits per heavy atom.